The van der Waals surface area contributed by atoms with Gasteiger partial charge in [-0.15, -0.1) is 12.4 Å². The van der Waals surface area contributed by atoms with Crippen LogP contribution in [0.2, 0.25) is 0 Å². The summed E-state index contributed by atoms with van der Waals surface area (Å²) < 4.78 is 0. The van der Waals surface area contributed by atoms with Crippen LogP contribution < -0.4 is 10.2 Å². The molecule has 24 heavy (non-hydrogen) atoms. The van der Waals surface area contributed by atoms with Crippen LogP contribution in [0.1, 0.15) is 25.3 Å². The number of benzene rings is 1. The van der Waals surface area contributed by atoms with Crippen molar-refractivity contribution >= 4 is 29.9 Å². The predicted octanol–water partition coefficient (Wildman–Crippen LogP) is 1.85. The highest BCUT2D eigenvalue weighted by atomic mass is 35.5. The van der Waals surface area contributed by atoms with Gasteiger partial charge in [-0.3, -0.25) is 9.59 Å². The molecule has 6 heteroatoms. The van der Waals surface area contributed by atoms with Gasteiger partial charge in [0.15, 0.2) is 0 Å². The van der Waals surface area contributed by atoms with E-state index >= 15 is 0 Å². The minimum atomic E-state index is -0.203. The molecule has 5 nitrogen and oxygen atoms in total. The van der Waals surface area contributed by atoms with E-state index in [1.54, 1.807) is 4.90 Å². The van der Waals surface area contributed by atoms with Crippen LogP contribution in [0, 0.1) is 5.92 Å². The Morgan fingerprint density at radius 2 is 2.04 bits per heavy atom. The lowest BCUT2D eigenvalue weighted by molar-refractivity contribution is -0.135. The van der Waals surface area contributed by atoms with Crippen molar-refractivity contribution in [3.8, 4) is 0 Å². The highest BCUT2D eigenvalue weighted by molar-refractivity contribution is 6.00. The van der Waals surface area contributed by atoms with Crippen LogP contribution in [0.3, 0.4) is 0 Å². The average molecular weight is 352 g/mol. The maximum Gasteiger partial charge on any atom is 0.228 e. The van der Waals surface area contributed by atoms with Gasteiger partial charge in [0.2, 0.25) is 11.8 Å². The number of carbonyl (C=O) groups is 2. The Morgan fingerprint density at radius 1 is 1.25 bits per heavy atom. The van der Waals surface area contributed by atoms with Crippen molar-refractivity contribution in [2.45, 2.75) is 26.2 Å². The van der Waals surface area contributed by atoms with E-state index in [4.69, 9.17) is 0 Å². The number of hydrogen-bond donors (Lipinski definition) is 1. The highest BCUT2D eigenvalue weighted by Gasteiger charge is 2.37. The molecule has 0 spiro atoms. The van der Waals surface area contributed by atoms with E-state index in [-0.39, 0.29) is 30.1 Å². The Bertz CT molecular complexity index is 585. The molecule has 1 aromatic carbocycles. The van der Waals surface area contributed by atoms with Crippen molar-refractivity contribution in [1.82, 2.24) is 10.2 Å². The molecule has 1 unspecified atom stereocenters. The fraction of sp³-hybridized carbons (Fsp3) is 0.556. The first-order chi connectivity index (χ1) is 11.2. The molecule has 0 aliphatic carbocycles. The van der Waals surface area contributed by atoms with Crippen molar-refractivity contribution in [3.05, 3.63) is 29.8 Å². The number of nitrogens with one attached hydrogen (secondary N) is 1. The number of hydrogen-bond acceptors (Lipinski definition) is 3. The fourth-order valence-corrected chi connectivity index (χ4v) is 3.50. The van der Waals surface area contributed by atoms with Crippen molar-refractivity contribution in [3.63, 3.8) is 0 Å². The SMILES string of the molecule is CCc1ccccc1N1CC(C(=O)N2CCCNCC2)CC1=O.Cl. The van der Waals surface area contributed by atoms with Gasteiger partial charge >= 0.3 is 0 Å². The van der Waals surface area contributed by atoms with Gasteiger partial charge in [0.1, 0.15) is 0 Å². The lowest BCUT2D eigenvalue weighted by atomic mass is 10.1. The first-order valence-electron chi connectivity index (χ1n) is 8.58. The van der Waals surface area contributed by atoms with E-state index in [1.807, 2.05) is 23.1 Å². The number of anilines is 1. The predicted molar refractivity (Wildman–Crippen MR) is 97.6 cm³/mol. The molecule has 1 atom stereocenters. The summed E-state index contributed by atoms with van der Waals surface area (Å²) in [5.41, 5.74) is 2.13. The number of nitrogens with zero attached hydrogens (tertiary/aromatic N) is 2. The molecule has 0 aromatic heterocycles. The van der Waals surface area contributed by atoms with Gasteiger partial charge in [-0.05, 0) is 31.0 Å². The van der Waals surface area contributed by atoms with Gasteiger partial charge in [-0.2, -0.15) is 0 Å². The summed E-state index contributed by atoms with van der Waals surface area (Å²) in [6.45, 7) is 5.94. The third-order valence-electron chi connectivity index (χ3n) is 4.79. The molecule has 0 bridgehead atoms. The van der Waals surface area contributed by atoms with E-state index in [0.717, 1.165) is 50.3 Å². The quantitative estimate of drug-likeness (QED) is 0.904. The molecule has 2 saturated heterocycles. The normalized spacial score (nSPS) is 21.4. The molecule has 2 heterocycles. The summed E-state index contributed by atoms with van der Waals surface area (Å²) in [4.78, 5) is 28.9. The number of halogens is 1. The molecule has 2 amide bonds. The summed E-state index contributed by atoms with van der Waals surface area (Å²) in [6, 6.07) is 7.99. The van der Waals surface area contributed by atoms with Crippen LogP contribution >= 0.6 is 12.4 Å². The minimum Gasteiger partial charge on any atom is -0.341 e. The maximum absolute atomic E-state index is 12.7. The Labute approximate surface area is 149 Å². The van der Waals surface area contributed by atoms with Crippen LogP contribution in [0.15, 0.2) is 24.3 Å². The standard InChI is InChI=1S/C18H25N3O2.ClH/c1-2-14-6-3-4-7-16(14)21-13-15(12-17(21)22)18(23)20-10-5-8-19-9-11-20;/h3-4,6-7,15,19H,2,5,8-13H2,1H3;1H. The van der Waals surface area contributed by atoms with E-state index in [9.17, 15) is 9.59 Å². The van der Waals surface area contributed by atoms with Gasteiger partial charge in [-0.25, -0.2) is 0 Å². The fourth-order valence-electron chi connectivity index (χ4n) is 3.50. The van der Waals surface area contributed by atoms with Crippen molar-refractivity contribution in [2.75, 3.05) is 37.6 Å². The molecule has 1 N–H and O–H groups in total. The second-order valence-corrected chi connectivity index (χ2v) is 6.32. The molecule has 2 aliphatic rings. The van der Waals surface area contributed by atoms with Gasteiger partial charge < -0.3 is 15.1 Å². The second kappa shape index (κ2) is 8.49. The van der Waals surface area contributed by atoms with Crippen molar-refractivity contribution in [2.24, 2.45) is 5.92 Å². The lowest BCUT2D eigenvalue weighted by Crippen LogP contribution is -2.39. The van der Waals surface area contributed by atoms with E-state index in [1.165, 1.54) is 0 Å². The van der Waals surface area contributed by atoms with E-state index in [2.05, 4.69) is 18.3 Å². The number of rotatable bonds is 3. The molecule has 0 saturated carbocycles. The number of carbonyl (C=O) groups excluding carboxylic acids is 2. The number of amides is 2. The topological polar surface area (TPSA) is 52.7 Å². The van der Waals surface area contributed by atoms with Crippen LogP contribution in [-0.2, 0) is 16.0 Å². The third-order valence-corrected chi connectivity index (χ3v) is 4.79. The molecular weight excluding hydrogens is 326 g/mol. The Balaban J connectivity index is 0.00000208. The largest absolute Gasteiger partial charge is 0.341 e. The lowest BCUT2D eigenvalue weighted by Gasteiger charge is -2.24. The molecule has 2 fully saturated rings. The summed E-state index contributed by atoms with van der Waals surface area (Å²) in [5.74, 6) is 0.00115. The first kappa shape index (κ1) is 18.7. The number of aryl methyl sites for hydroxylation is 1. The highest BCUT2D eigenvalue weighted by Crippen LogP contribution is 2.29. The second-order valence-electron chi connectivity index (χ2n) is 6.32. The molecule has 0 radical (unpaired) electrons. The summed E-state index contributed by atoms with van der Waals surface area (Å²) >= 11 is 0. The van der Waals surface area contributed by atoms with Crippen LogP contribution in [0.25, 0.3) is 0 Å². The van der Waals surface area contributed by atoms with Crippen molar-refractivity contribution in [1.29, 1.82) is 0 Å². The zero-order valence-electron chi connectivity index (χ0n) is 14.2. The zero-order chi connectivity index (χ0) is 16.2. The maximum atomic E-state index is 12.7. The number of para-hydroxylation sites is 1. The monoisotopic (exact) mass is 351 g/mol. The smallest absolute Gasteiger partial charge is 0.228 e. The molecule has 2 aliphatic heterocycles. The first-order valence-corrected chi connectivity index (χ1v) is 8.58. The van der Waals surface area contributed by atoms with E-state index in [0.29, 0.717) is 13.0 Å². The molecule has 3 rings (SSSR count). The minimum absolute atomic E-state index is 0. The molecular formula is C18H26ClN3O2. The third kappa shape index (κ3) is 3.90. The average Bonchev–Trinajstić information content (AvgIpc) is 2.78. The summed E-state index contributed by atoms with van der Waals surface area (Å²) in [7, 11) is 0. The molecule has 1 aromatic rings. The van der Waals surface area contributed by atoms with Gasteiger partial charge in [0.05, 0.1) is 5.92 Å². The van der Waals surface area contributed by atoms with Crippen LogP contribution in [-0.4, -0.2) is 49.4 Å². The van der Waals surface area contributed by atoms with Crippen LogP contribution in [0.5, 0.6) is 0 Å². The Morgan fingerprint density at radius 3 is 2.83 bits per heavy atom. The molecule has 132 valence electrons. The summed E-state index contributed by atoms with van der Waals surface area (Å²) in [5, 5.41) is 3.31. The van der Waals surface area contributed by atoms with Gasteiger partial charge in [-0.1, -0.05) is 25.1 Å². The Kier molecular flexibility index (Phi) is 6.63. The zero-order valence-corrected chi connectivity index (χ0v) is 15.0. The van der Waals surface area contributed by atoms with Gasteiger partial charge in [0, 0.05) is 38.3 Å². The van der Waals surface area contributed by atoms with Gasteiger partial charge in [0.25, 0.3) is 0 Å². The Hall–Kier alpha value is -1.59. The van der Waals surface area contributed by atoms with E-state index < -0.39 is 0 Å². The summed E-state index contributed by atoms with van der Waals surface area (Å²) in [6.07, 6.45) is 2.20. The van der Waals surface area contributed by atoms with Crippen molar-refractivity contribution < 1.29 is 9.59 Å². The van der Waals surface area contributed by atoms with Crippen LogP contribution in [0.4, 0.5) is 5.69 Å².